The standard InChI is InChI=1S/C18H15F4N5O/c19-13-5-1-3-11(9-13)15-25-16(28-26-15)12-4-2-8-27(10-12)17-23-7-6-14(24-17)18(20,21)22/h1,3,5-7,9,12H,2,4,8,10H2/t12-/m1/s1. The largest absolute Gasteiger partial charge is 0.433 e. The maximum atomic E-state index is 13.4. The smallest absolute Gasteiger partial charge is 0.340 e. The lowest BCUT2D eigenvalue weighted by atomic mass is 9.98. The fraction of sp³-hybridized carbons (Fsp3) is 0.333. The summed E-state index contributed by atoms with van der Waals surface area (Å²) in [6.45, 7) is 0.884. The van der Waals surface area contributed by atoms with Crippen LogP contribution in [0.3, 0.4) is 0 Å². The van der Waals surface area contributed by atoms with Gasteiger partial charge in [0.1, 0.15) is 11.5 Å². The Hall–Kier alpha value is -3.04. The predicted octanol–water partition coefficient (Wildman–Crippen LogP) is 4.07. The van der Waals surface area contributed by atoms with Gasteiger partial charge < -0.3 is 9.42 Å². The monoisotopic (exact) mass is 393 g/mol. The van der Waals surface area contributed by atoms with E-state index in [0.717, 1.165) is 18.7 Å². The molecule has 1 aliphatic heterocycles. The quantitative estimate of drug-likeness (QED) is 0.625. The van der Waals surface area contributed by atoms with Crippen LogP contribution < -0.4 is 4.90 Å². The van der Waals surface area contributed by atoms with Crippen molar-refractivity contribution in [2.24, 2.45) is 0 Å². The third-order valence-electron chi connectivity index (χ3n) is 4.51. The van der Waals surface area contributed by atoms with E-state index >= 15 is 0 Å². The molecule has 3 heterocycles. The molecular weight excluding hydrogens is 378 g/mol. The number of aromatic nitrogens is 4. The summed E-state index contributed by atoms with van der Waals surface area (Å²) < 4.78 is 57.4. The van der Waals surface area contributed by atoms with E-state index in [0.29, 0.717) is 31.0 Å². The average molecular weight is 393 g/mol. The van der Waals surface area contributed by atoms with Crippen LogP contribution in [0.1, 0.15) is 30.3 Å². The van der Waals surface area contributed by atoms with E-state index in [1.165, 1.54) is 12.1 Å². The molecule has 0 radical (unpaired) electrons. The highest BCUT2D eigenvalue weighted by molar-refractivity contribution is 5.54. The first-order chi connectivity index (χ1) is 13.4. The summed E-state index contributed by atoms with van der Waals surface area (Å²) in [6, 6.07) is 6.68. The minimum absolute atomic E-state index is 0.0180. The van der Waals surface area contributed by atoms with Gasteiger partial charge in [-0.15, -0.1) is 0 Å². The number of rotatable bonds is 3. The van der Waals surface area contributed by atoms with Gasteiger partial charge in [0.15, 0.2) is 0 Å². The molecule has 0 spiro atoms. The van der Waals surface area contributed by atoms with Crippen molar-refractivity contribution in [3.8, 4) is 11.4 Å². The fourth-order valence-corrected chi connectivity index (χ4v) is 3.16. The second-order valence-corrected chi connectivity index (χ2v) is 6.49. The molecule has 2 aromatic heterocycles. The van der Waals surface area contributed by atoms with Crippen molar-refractivity contribution >= 4 is 5.95 Å². The molecule has 1 fully saturated rings. The second-order valence-electron chi connectivity index (χ2n) is 6.49. The van der Waals surface area contributed by atoms with Gasteiger partial charge in [0.25, 0.3) is 0 Å². The van der Waals surface area contributed by atoms with Crippen molar-refractivity contribution in [1.82, 2.24) is 20.1 Å². The Balaban J connectivity index is 1.53. The van der Waals surface area contributed by atoms with E-state index < -0.39 is 17.7 Å². The van der Waals surface area contributed by atoms with E-state index in [-0.39, 0.29) is 17.7 Å². The number of hydrogen-bond donors (Lipinski definition) is 0. The third kappa shape index (κ3) is 3.80. The van der Waals surface area contributed by atoms with Gasteiger partial charge in [-0.1, -0.05) is 17.3 Å². The Morgan fingerprint density at radius 1 is 1.14 bits per heavy atom. The lowest BCUT2D eigenvalue weighted by Crippen LogP contribution is -2.36. The molecule has 6 nitrogen and oxygen atoms in total. The minimum Gasteiger partial charge on any atom is -0.340 e. The number of hydrogen-bond acceptors (Lipinski definition) is 6. The zero-order chi connectivity index (χ0) is 19.7. The van der Waals surface area contributed by atoms with E-state index in [1.54, 1.807) is 17.0 Å². The van der Waals surface area contributed by atoms with Crippen LogP contribution in [0.2, 0.25) is 0 Å². The highest BCUT2D eigenvalue weighted by Crippen LogP contribution is 2.31. The summed E-state index contributed by atoms with van der Waals surface area (Å²) in [5, 5.41) is 3.90. The molecule has 1 atom stereocenters. The number of nitrogens with zero attached hydrogens (tertiary/aromatic N) is 5. The Kier molecular flexibility index (Phi) is 4.70. The SMILES string of the molecule is Fc1cccc(-c2noc([C@@H]3CCCN(c4nccc(C(F)(F)F)n4)C3)n2)c1. The number of alkyl halides is 3. The molecule has 28 heavy (non-hydrogen) atoms. The molecule has 0 bridgehead atoms. The van der Waals surface area contributed by atoms with Crippen molar-refractivity contribution < 1.29 is 22.1 Å². The lowest BCUT2D eigenvalue weighted by molar-refractivity contribution is -0.141. The van der Waals surface area contributed by atoms with Crippen molar-refractivity contribution in [2.75, 3.05) is 18.0 Å². The summed E-state index contributed by atoms with van der Waals surface area (Å²) >= 11 is 0. The Morgan fingerprint density at radius 2 is 2.00 bits per heavy atom. The van der Waals surface area contributed by atoms with Crippen molar-refractivity contribution in [3.05, 3.63) is 53.9 Å². The van der Waals surface area contributed by atoms with Gasteiger partial charge in [0.2, 0.25) is 17.7 Å². The highest BCUT2D eigenvalue weighted by atomic mass is 19.4. The second kappa shape index (κ2) is 7.17. The first-order valence-electron chi connectivity index (χ1n) is 8.65. The van der Waals surface area contributed by atoms with Crippen molar-refractivity contribution in [1.29, 1.82) is 0 Å². The minimum atomic E-state index is -4.53. The lowest BCUT2D eigenvalue weighted by Gasteiger charge is -2.31. The molecule has 1 aromatic carbocycles. The van der Waals surface area contributed by atoms with Gasteiger partial charge in [0.05, 0.1) is 5.92 Å². The molecule has 0 aliphatic carbocycles. The summed E-state index contributed by atoms with van der Waals surface area (Å²) in [6.07, 6.45) is -1.98. The van der Waals surface area contributed by atoms with Gasteiger partial charge in [-0.05, 0) is 31.0 Å². The molecule has 1 saturated heterocycles. The summed E-state index contributed by atoms with van der Waals surface area (Å²) in [5.74, 6) is 0.0540. The highest BCUT2D eigenvalue weighted by Gasteiger charge is 2.34. The average Bonchev–Trinajstić information content (AvgIpc) is 3.18. The first-order valence-corrected chi connectivity index (χ1v) is 8.65. The number of piperidine rings is 1. The van der Waals surface area contributed by atoms with Crippen LogP contribution in [-0.2, 0) is 6.18 Å². The number of anilines is 1. The number of halogens is 4. The normalized spacial score (nSPS) is 17.7. The molecule has 1 aliphatic rings. The van der Waals surface area contributed by atoms with Crippen LogP contribution in [0.4, 0.5) is 23.5 Å². The Bertz CT molecular complexity index is 974. The summed E-state index contributed by atoms with van der Waals surface area (Å²) in [4.78, 5) is 13.6. The molecule has 3 aromatic rings. The van der Waals surface area contributed by atoms with Crippen molar-refractivity contribution in [3.63, 3.8) is 0 Å². The van der Waals surface area contributed by atoms with E-state index in [9.17, 15) is 17.6 Å². The predicted molar refractivity (Wildman–Crippen MR) is 90.9 cm³/mol. The van der Waals surface area contributed by atoms with Gasteiger partial charge in [-0.3, -0.25) is 0 Å². The zero-order valence-corrected chi connectivity index (χ0v) is 14.5. The van der Waals surface area contributed by atoms with Crippen LogP contribution in [0.5, 0.6) is 0 Å². The van der Waals surface area contributed by atoms with E-state index in [2.05, 4.69) is 20.1 Å². The first kappa shape index (κ1) is 18.3. The maximum Gasteiger partial charge on any atom is 0.433 e. The molecule has 0 amide bonds. The van der Waals surface area contributed by atoms with Crippen LogP contribution in [-0.4, -0.2) is 33.2 Å². The molecule has 10 heteroatoms. The van der Waals surface area contributed by atoms with Gasteiger partial charge in [-0.2, -0.15) is 18.2 Å². The van der Waals surface area contributed by atoms with E-state index in [1.807, 2.05) is 0 Å². The third-order valence-corrected chi connectivity index (χ3v) is 4.51. The van der Waals surface area contributed by atoms with Crippen LogP contribution in [0, 0.1) is 5.82 Å². The Morgan fingerprint density at radius 3 is 2.79 bits per heavy atom. The van der Waals surface area contributed by atoms with Gasteiger partial charge in [-0.25, -0.2) is 14.4 Å². The summed E-state index contributed by atoms with van der Waals surface area (Å²) in [5.41, 5.74) is -0.491. The molecular formula is C18H15F4N5O. The molecule has 0 N–H and O–H groups in total. The summed E-state index contributed by atoms with van der Waals surface area (Å²) in [7, 11) is 0. The molecule has 146 valence electrons. The zero-order valence-electron chi connectivity index (χ0n) is 14.5. The topological polar surface area (TPSA) is 67.9 Å². The van der Waals surface area contributed by atoms with Gasteiger partial charge in [0, 0.05) is 24.8 Å². The molecule has 0 saturated carbocycles. The Labute approximate surface area is 157 Å². The van der Waals surface area contributed by atoms with Crippen LogP contribution in [0.25, 0.3) is 11.4 Å². The van der Waals surface area contributed by atoms with Crippen LogP contribution in [0.15, 0.2) is 41.1 Å². The van der Waals surface area contributed by atoms with Crippen molar-refractivity contribution in [2.45, 2.75) is 24.9 Å². The van der Waals surface area contributed by atoms with Gasteiger partial charge >= 0.3 is 6.18 Å². The van der Waals surface area contributed by atoms with Crippen LogP contribution >= 0.6 is 0 Å². The number of benzene rings is 1. The molecule has 4 rings (SSSR count). The van der Waals surface area contributed by atoms with E-state index in [4.69, 9.17) is 4.52 Å². The molecule has 0 unspecified atom stereocenters. The maximum absolute atomic E-state index is 13.4. The fourth-order valence-electron chi connectivity index (χ4n) is 3.16.